The van der Waals surface area contributed by atoms with Crippen LogP contribution in [0.1, 0.15) is 31.2 Å². The van der Waals surface area contributed by atoms with Crippen molar-refractivity contribution < 1.29 is 14.3 Å². The maximum absolute atomic E-state index is 13.2. The molecule has 16 heavy (non-hydrogen) atoms. The zero-order valence-corrected chi connectivity index (χ0v) is 9.43. The van der Waals surface area contributed by atoms with Crippen LogP contribution < -0.4 is 0 Å². The molecule has 2 rings (SSSR count). The van der Waals surface area contributed by atoms with Crippen LogP contribution in [0.5, 0.6) is 0 Å². The first-order valence-electron chi connectivity index (χ1n) is 5.25. The minimum atomic E-state index is -0.987. The SMILES string of the molecule is O=C(O)C1(c2cc(F)ccc2Cl)CCCC1. The van der Waals surface area contributed by atoms with E-state index >= 15 is 0 Å². The average molecular weight is 243 g/mol. The highest BCUT2D eigenvalue weighted by Crippen LogP contribution is 2.44. The highest BCUT2D eigenvalue weighted by atomic mass is 35.5. The van der Waals surface area contributed by atoms with E-state index < -0.39 is 17.2 Å². The summed E-state index contributed by atoms with van der Waals surface area (Å²) in [6.07, 6.45) is 2.76. The van der Waals surface area contributed by atoms with Gasteiger partial charge < -0.3 is 5.11 Å². The molecule has 1 aliphatic carbocycles. The lowest BCUT2D eigenvalue weighted by molar-refractivity contribution is -0.143. The normalized spacial score (nSPS) is 18.6. The number of carbonyl (C=O) groups is 1. The number of carboxylic acid groups (broad SMARTS) is 1. The molecule has 0 bridgehead atoms. The highest BCUT2D eigenvalue weighted by molar-refractivity contribution is 6.31. The van der Waals surface area contributed by atoms with Crippen LogP contribution in [0.25, 0.3) is 0 Å². The van der Waals surface area contributed by atoms with Crippen LogP contribution in [-0.2, 0) is 10.2 Å². The Kier molecular flexibility index (Phi) is 2.89. The molecule has 1 aromatic rings. The summed E-state index contributed by atoms with van der Waals surface area (Å²) in [6, 6.07) is 3.92. The van der Waals surface area contributed by atoms with Crippen LogP contribution in [0, 0.1) is 5.82 Å². The number of benzene rings is 1. The second kappa shape index (κ2) is 4.06. The molecule has 0 aliphatic heterocycles. The van der Waals surface area contributed by atoms with Gasteiger partial charge in [0.2, 0.25) is 0 Å². The average Bonchev–Trinajstić information content (AvgIpc) is 2.71. The molecule has 1 saturated carbocycles. The van der Waals surface area contributed by atoms with E-state index in [1.54, 1.807) is 0 Å². The van der Waals surface area contributed by atoms with Gasteiger partial charge in [0.1, 0.15) is 5.82 Å². The lowest BCUT2D eigenvalue weighted by atomic mass is 9.79. The third kappa shape index (κ3) is 1.69. The number of carboxylic acids is 1. The van der Waals surface area contributed by atoms with Gasteiger partial charge in [-0.1, -0.05) is 24.4 Å². The van der Waals surface area contributed by atoms with Crippen molar-refractivity contribution in [3.8, 4) is 0 Å². The van der Waals surface area contributed by atoms with Crippen LogP contribution >= 0.6 is 11.6 Å². The number of halogens is 2. The van der Waals surface area contributed by atoms with Crippen molar-refractivity contribution in [2.75, 3.05) is 0 Å². The molecule has 4 heteroatoms. The smallest absolute Gasteiger partial charge is 0.314 e. The molecule has 1 N–H and O–H groups in total. The van der Waals surface area contributed by atoms with Gasteiger partial charge in [-0.15, -0.1) is 0 Å². The third-order valence-electron chi connectivity index (χ3n) is 3.31. The summed E-state index contributed by atoms with van der Waals surface area (Å²) < 4.78 is 13.2. The third-order valence-corrected chi connectivity index (χ3v) is 3.64. The van der Waals surface area contributed by atoms with Gasteiger partial charge in [-0.05, 0) is 36.6 Å². The molecule has 86 valence electrons. The van der Waals surface area contributed by atoms with Gasteiger partial charge in [0, 0.05) is 5.02 Å². The Morgan fingerprint density at radius 2 is 2.00 bits per heavy atom. The summed E-state index contributed by atoms with van der Waals surface area (Å²) >= 11 is 5.98. The Hall–Kier alpha value is -1.09. The van der Waals surface area contributed by atoms with Crippen molar-refractivity contribution in [2.45, 2.75) is 31.1 Å². The van der Waals surface area contributed by atoms with E-state index in [4.69, 9.17) is 11.6 Å². The molecule has 0 atom stereocenters. The number of hydrogen-bond acceptors (Lipinski definition) is 1. The van der Waals surface area contributed by atoms with Crippen LogP contribution in [-0.4, -0.2) is 11.1 Å². The molecule has 0 saturated heterocycles. The van der Waals surface area contributed by atoms with Gasteiger partial charge in [0.25, 0.3) is 0 Å². The zero-order chi connectivity index (χ0) is 11.8. The first-order valence-corrected chi connectivity index (χ1v) is 5.63. The fraction of sp³-hybridized carbons (Fsp3) is 0.417. The Labute approximate surface area is 98.0 Å². The second-order valence-corrected chi connectivity index (χ2v) is 4.63. The van der Waals surface area contributed by atoms with E-state index in [0.717, 1.165) is 12.8 Å². The van der Waals surface area contributed by atoms with E-state index in [9.17, 15) is 14.3 Å². The van der Waals surface area contributed by atoms with Gasteiger partial charge in [-0.3, -0.25) is 4.79 Å². The Morgan fingerprint density at radius 1 is 1.38 bits per heavy atom. The predicted molar refractivity (Wildman–Crippen MR) is 59.2 cm³/mol. The van der Waals surface area contributed by atoms with Crippen molar-refractivity contribution in [3.63, 3.8) is 0 Å². The quantitative estimate of drug-likeness (QED) is 0.863. The van der Waals surface area contributed by atoms with Crippen LogP contribution in [0.4, 0.5) is 4.39 Å². The monoisotopic (exact) mass is 242 g/mol. The van der Waals surface area contributed by atoms with E-state index in [0.29, 0.717) is 23.4 Å². The number of aliphatic carboxylic acids is 1. The van der Waals surface area contributed by atoms with Gasteiger partial charge in [0.15, 0.2) is 0 Å². The molecule has 1 fully saturated rings. The minimum Gasteiger partial charge on any atom is -0.481 e. The van der Waals surface area contributed by atoms with Crippen LogP contribution in [0.3, 0.4) is 0 Å². The molecule has 0 heterocycles. The van der Waals surface area contributed by atoms with Crippen molar-refractivity contribution in [3.05, 3.63) is 34.6 Å². The molecule has 0 radical (unpaired) electrons. The summed E-state index contributed by atoms with van der Waals surface area (Å²) in [5.74, 6) is -1.34. The van der Waals surface area contributed by atoms with Gasteiger partial charge in [-0.25, -0.2) is 4.39 Å². The molecule has 0 aromatic heterocycles. The highest BCUT2D eigenvalue weighted by Gasteiger charge is 2.44. The van der Waals surface area contributed by atoms with Crippen molar-refractivity contribution in [2.24, 2.45) is 0 Å². The number of hydrogen-bond donors (Lipinski definition) is 1. The largest absolute Gasteiger partial charge is 0.481 e. The maximum atomic E-state index is 13.2. The van der Waals surface area contributed by atoms with Gasteiger partial charge >= 0.3 is 5.97 Å². The Bertz CT molecular complexity index is 425. The maximum Gasteiger partial charge on any atom is 0.314 e. The van der Waals surface area contributed by atoms with E-state index in [-0.39, 0.29) is 0 Å². The lowest BCUT2D eigenvalue weighted by Gasteiger charge is -2.25. The minimum absolute atomic E-state index is 0.339. The summed E-state index contributed by atoms with van der Waals surface area (Å²) in [4.78, 5) is 11.4. The standard InChI is InChI=1S/C12H12ClFO2/c13-10-4-3-8(14)7-9(10)12(11(15)16)5-1-2-6-12/h3-4,7H,1-2,5-6H2,(H,15,16). The molecule has 0 amide bonds. The molecule has 1 aromatic carbocycles. The van der Waals surface area contributed by atoms with Gasteiger partial charge in [-0.2, -0.15) is 0 Å². The van der Waals surface area contributed by atoms with Crippen molar-refractivity contribution >= 4 is 17.6 Å². The fourth-order valence-electron chi connectivity index (χ4n) is 2.44. The molecule has 0 spiro atoms. The molecular weight excluding hydrogens is 231 g/mol. The Morgan fingerprint density at radius 3 is 2.56 bits per heavy atom. The lowest BCUT2D eigenvalue weighted by Crippen LogP contribution is -2.33. The fourth-order valence-corrected chi connectivity index (χ4v) is 2.74. The van der Waals surface area contributed by atoms with Crippen molar-refractivity contribution in [1.29, 1.82) is 0 Å². The van der Waals surface area contributed by atoms with E-state index in [1.165, 1.54) is 18.2 Å². The summed E-state index contributed by atoms with van der Waals surface area (Å²) in [7, 11) is 0. The Balaban J connectivity index is 2.55. The summed E-state index contributed by atoms with van der Waals surface area (Å²) in [5, 5.41) is 9.69. The zero-order valence-electron chi connectivity index (χ0n) is 8.67. The first kappa shape index (κ1) is 11.4. The molecule has 1 aliphatic rings. The molecule has 2 nitrogen and oxygen atoms in total. The van der Waals surface area contributed by atoms with Crippen molar-refractivity contribution in [1.82, 2.24) is 0 Å². The molecule has 0 unspecified atom stereocenters. The van der Waals surface area contributed by atoms with Crippen LogP contribution in [0.15, 0.2) is 18.2 Å². The summed E-state index contributed by atoms with van der Waals surface area (Å²) in [6.45, 7) is 0. The summed E-state index contributed by atoms with van der Waals surface area (Å²) in [5.41, 5.74) is -0.571. The number of rotatable bonds is 2. The van der Waals surface area contributed by atoms with Crippen LogP contribution in [0.2, 0.25) is 5.02 Å². The molecular formula is C12H12ClFO2. The predicted octanol–water partition coefficient (Wildman–Crippen LogP) is 3.38. The first-order chi connectivity index (χ1) is 7.56. The topological polar surface area (TPSA) is 37.3 Å². The second-order valence-electron chi connectivity index (χ2n) is 4.22. The van der Waals surface area contributed by atoms with E-state index in [1.807, 2.05) is 0 Å². The van der Waals surface area contributed by atoms with Gasteiger partial charge in [0.05, 0.1) is 5.41 Å². The van der Waals surface area contributed by atoms with E-state index in [2.05, 4.69) is 0 Å².